The molecular formula is C16H14N4O4S. The Labute approximate surface area is 144 Å². The Bertz CT molecular complexity index is 971. The third-order valence-electron chi connectivity index (χ3n) is 3.44. The molecule has 0 unspecified atom stereocenters. The van der Waals surface area contributed by atoms with Crippen LogP contribution in [0.25, 0.3) is 6.08 Å². The van der Waals surface area contributed by atoms with E-state index in [0.717, 1.165) is 11.8 Å². The van der Waals surface area contributed by atoms with Gasteiger partial charge in [0.15, 0.2) is 0 Å². The molecule has 2 aromatic rings. The lowest BCUT2D eigenvalue weighted by Crippen LogP contribution is -2.27. The Morgan fingerprint density at radius 2 is 1.88 bits per heavy atom. The molecule has 1 aliphatic rings. The van der Waals surface area contributed by atoms with E-state index in [9.17, 15) is 18.0 Å². The van der Waals surface area contributed by atoms with Crippen LogP contribution in [0.4, 0.5) is 4.79 Å². The molecule has 9 heteroatoms. The number of urea groups is 1. The summed E-state index contributed by atoms with van der Waals surface area (Å²) in [5, 5.41) is 1.87. The summed E-state index contributed by atoms with van der Waals surface area (Å²) in [6, 6.07) is 10.1. The number of hydrogen-bond donors (Lipinski definition) is 1. The fourth-order valence-electron chi connectivity index (χ4n) is 2.28. The van der Waals surface area contributed by atoms with Crippen molar-refractivity contribution in [1.29, 1.82) is 0 Å². The van der Waals surface area contributed by atoms with Crippen LogP contribution in [0.15, 0.2) is 53.4 Å². The van der Waals surface area contributed by atoms with Crippen molar-refractivity contribution in [3.05, 3.63) is 59.5 Å². The van der Waals surface area contributed by atoms with E-state index in [1.165, 1.54) is 23.2 Å². The second kappa shape index (κ2) is 6.44. The zero-order valence-corrected chi connectivity index (χ0v) is 14.0. The molecule has 1 N–H and O–H groups in total. The number of amides is 3. The molecule has 1 fully saturated rings. The number of carbonyl (C=O) groups is 2. The summed E-state index contributed by atoms with van der Waals surface area (Å²) in [5.41, 5.74) is 1.15. The highest BCUT2D eigenvalue weighted by Crippen LogP contribution is 2.19. The van der Waals surface area contributed by atoms with Gasteiger partial charge in [0.05, 0.1) is 12.2 Å². The standard InChI is InChI=1S/C16H14N4O4S/c1-25(23,24)15-17-8-7-12(18-15)9-13-14(21)19-16(22)20(13)10-11-5-3-2-4-6-11/h2-9H,10H2,1H3,(H,19,21,22). The van der Waals surface area contributed by atoms with E-state index >= 15 is 0 Å². The van der Waals surface area contributed by atoms with Gasteiger partial charge in [-0.2, -0.15) is 0 Å². The maximum Gasteiger partial charge on any atom is 0.329 e. The predicted molar refractivity (Wildman–Crippen MR) is 88.6 cm³/mol. The molecule has 0 bridgehead atoms. The van der Waals surface area contributed by atoms with Crippen molar-refractivity contribution in [2.75, 3.05) is 6.26 Å². The third kappa shape index (κ3) is 3.72. The van der Waals surface area contributed by atoms with E-state index in [0.29, 0.717) is 0 Å². The average molecular weight is 358 g/mol. The minimum atomic E-state index is -3.58. The largest absolute Gasteiger partial charge is 0.329 e. The second-order valence-corrected chi connectivity index (χ2v) is 7.31. The van der Waals surface area contributed by atoms with Crippen LogP contribution in [-0.2, 0) is 21.2 Å². The molecule has 1 aromatic heterocycles. The Kier molecular flexibility index (Phi) is 4.32. The number of sulfone groups is 1. The molecular weight excluding hydrogens is 344 g/mol. The van der Waals surface area contributed by atoms with Crippen LogP contribution in [-0.4, -0.2) is 41.5 Å². The minimum absolute atomic E-state index is 0.0898. The van der Waals surface area contributed by atoms with Crippen molar-refractivity contribution in [1.82, 2.24) is 20.2 Å². The molecule has 3 amide bonds. The van der Waals surface area contributed by atoms with Crippen molar-refractivity contribution >= 4 is 27.9 Å². The number of rotatable bonds is 4. The van der Waals surface area contributed by atoms with Crippen molar-refractivity contribution in [2.45, 2.75) is 11.7 Å². The van der Waals surface area contributed by atoms with E-state index in [2.05, 4.69) is 15.3 Å². The van der Waals surface area contributed by atoms with Crippen molar-refractivity contribution in [2.24, 2.45) is 0 Å². The molecule has 0 atom stereocenters. The molecule has 25 heavy (non-hydrogen) atoms. The van der Waals surface area contributed by atoms with Gasteiger partial charge < -0.3 is 0 Å². The van der Waals surface area contributed by atoms with Crippen LogP contribution in [0.1, 0.15) is 11.3 Å². The smallest absolute Gasteiger partial charge is 0.284 e. The summed E-state index contributed by atoms with van der Waals surface area (Å²) in [4.78, 5) is 33.0. The van der Waals surface area contributed by atoms with Gasteiger partial charge >= 0.3 is 6.03 Å². The van der Waals surface area contributed by atoms with E-state index in [4.69, 9.17) is 0 Å². The predicted octanol–water partition coefficient (Wildman–Crippen LogP) is 0.973. The van der Waals surface area contributed by atoms with E-state index in [1.807, 2.05) is 30.3 Å². The van der Waals surface area contributed by atoms with Crippen LogP contribution < -0.4 is 5.32 Å². The van der Waals surface area contributed by atoms with Gasteiger partial charge in [-0.3, -0.25) is 15.0 Å². The highest BCUT2D eigenvalue weighted by atomic mass is 32.2. The lowest BCUT2D eigenvalue weighted by Gasteiger charge is -2.15. The summed E-state index contributed by atoms with van der Waals surface area (Å²) < 4.78 is 23.1. The zero-order chi connectivity index (χ0) is 18.0. The lowest BCUT2D eigenvalue weighted by atomic mass is 10.2. The number of hydrogen-bond acceptors (Lipinski definition) is 6. The van der Waals surface area contributed by atoms with Crippen LogP contribution in [0.3, 0.4) is 0 Å². The first kappa shape index (κ1) is 16.8. The van der Waals surface area contributed by atoms with Crippen molar-refractivity contribution < 1.29 is 18.0 Å². The van der Waals surface area contributed by atoms with Crippen molar-refractivity contribution in [3.8, 4) is 0 Å². The summed E-state index contributed by atoms with van der Waals surface area (Å²) in [6.07, 6.45) is 3.64. The van der Waals surface area contributed by atoms with E-state index < -0.39 is 21.8 Å². The minimum Gasteiger partial charge on any atom is -0.284 e. The maximum atomic E-state index is 12.1. The van der Waals surface area contributed by atoms with Crippen LogP contribution in [0.5, 0.6) is 0 Å². The molecule has 8 nitrogen and oxygen atoms in total. The van der Waals surface area contributed by atoms with Crippen molar-refractivity contribution in [3.63, 3.8) is 0 Å². The molecule has 0 aliphatic carbocycles. The summed E-state index contributed by atoms with van der Waals surface area (Å²) >= 11 is 0. The average Bonchev–Trinajstić information content (AvgIpc) is 2.82. The van der Waals surface area contributed by atoms with Crippen LogP contribution in [0.2, 0.25) is 0 Å². The fraction of sp³-hybridized carbons (Fsp3) is 0.125. The number of nitrogens with zero attached hydrogens (tertiary/aromatic N) is 3. The molecule has 0 saturated carbocycles. The number of nitrogens with one attached hydrogen (secondary N) is 1. The Balaban J connectivity index is 1.97. The summed E-state index contributed by atoms with van der Waals surface area (Å²) in [6.45, 7) is 0.203. The molecule has 3 rings (SSSR count). The molecule has 1 saturated heterocycles. The highest BCUT2D eigenvalue weighted by molar-refractivity contribution is 7.90. The Morgan fingerprint density at radius 1 is 1.16 bits per heavy atom. The van der Waals surface area contributed by atoms with Gasteiger partial charge in [0.25, 0.3) is 5.91 Å². The molecule has 2 heterocycles. The van der Waals surface area contributed by atoms with Gasteiger partial charge in [-0.25, -0.2) is 23.2 Å². The van der Waals surface area contributed by atoms with Crippen LogP contribution >= 0.6 is 0 Å². The fourth-order valence-corrected chi connectivity index (χ4v) is 2.80. The topological polar surface area (TPSA) is 109 Å². The first-order chi connectivity index (χ1) is 11.8. The van der Waals surface area contributed by atoms with E-state index in [-0.39, 0.29) is 23.1 Å². The summed E-state index contributed by atoms with van der Waals surface area (Å²) in [5.74, 6) is -0.569. The molecule has 1 aliphatic heterocycles. The Morgan fingerprint density at radius 3 is 2.56 bits per heavy atom. The van der Waals surface area contributed by atoms with Gasteiger partial charge in [-0.15, -0.1) is 0 Å². The molecule has 128 valence electrons. The van der Waals surface area contributed by atoms with Gasteiger partial charge in [0.2, 0.25) is 15.0 Å². The molecule has 0 spiro atoms. The monoisotopic (exact) mass is 358 g/mol. The SMILES string of the molecule is CS(=O)(=O)c1nccc(C=C2C(=O)NC(=O)N2Cc2ccccc2)n1. The van der Waals surface area contributed by atoms with Gasteiger partial charge in [0, 0.05) is 12.5 Å². The van der Waals surface area contributed by atoms with Gasteiger partial charge in [0.1, 0.15) is 5.70 Å². The lowest BCUT2D eigenvalue weighted by molar-refractivity contribution is -0.116. The van der Waals surface area contributed by atoms with Gasteiger partial charge in [-0.1, -0.05) is 30.3 Å². The number of aromatic nitrogens is 2. The second-order valence-electron chi connectivity index (χ2n) is 5.40. The number of benzene rings is 1. The van der Waals surface area contributed by atoms with Crippen LogP contribution in [0, 0.1) is 0 Å². The maximum absolute atomic E-state index is 12.1. The highest BCUT2D eigenvalue weighted by Gasteiger charge is 2.33. The van der Waals surface area contributed by atoms with Gasteiger partial charge in [-0.05, 0) is 17.7 Å². The zero-order valence-electron chi connectivity index (χ0n) is 13.2. The van der Waals surface area contributed by atoms with E-state index in [1.54, 1.807) is 0 Å². The molecule has 0 radical (unpaired) electrons. The first-order valence-corrected chi connectivity index (χ1v) is 9.15. The Hall–Kier alpha value is -3.07. The number of imide groups is 1. The quantitative estimate of drug-likeness (QED) is 0.495. The number of carbonyl (C=O) groups excluding carboxylic acids is 2. The summed E-state index contributed by atoms with van der Waals surface area (Å²) in [7, 11) is -3.58. The molecule has 1 aromatic carbocycles. The normalized spacial score (nSPS) is 16.4. The first-order valence-electron chi connectivity index (χ1n) is 7.26. The third-order valence-corrected chi connectivity index (χ3v) is 4.30.